The molecule has 0 aliphatic carbocycles. The number of methoxy groups -OCH3 is 2. The van der Waals surface area contributed by atoms with Gasteiger partial charge in [0.15, 0.2) is 6.29 Å². The molecule has 1 heterocycles. The summed E-state index contributed by atoms with van der Waals surface area (Å²) >= 11 is 4.84. The molecule has 0 fully saturated rings. The van der Waals surface area contributed by atoms with Crippen molar-refractivity contribution in [3.05, 3.63) is 23.4 Å². The molecule has 0 aromatic rings. The molecule has 1 aliphatic heterocycles. The summed E-state index contributed by atoms with van der Waals surface area (Å²) in [4.78, 5) is 0.864. The van der Waals surface area contributed by atoms with Gasteiger partial charge in [-0.25, -0.2) is 4.39 Å². The lowest BCUT2D eigenvalue weighted by Crippen LogP contribution is -2.24. The molecule has 0 bridgehead atoms. The Labute approximate surface area is 102 Å². The van der Waals surface area contributed by atoms with E-state index >= 15 is 0 Å². The smallest absolute Gasteiger partial charge is 0.188 e. The lowest BCUT2D eigenvalue weighted by Gasteiger charge is -2.21. The fourth-order valence-electron chi connectivity index (χ4n) is 1.46. The summed E-state index contributed by atoms with van der Waals surface area (Å²) in [5.74, 6) is -0.350. The van der Waals surface area contributed by atoms with Crippen molar-refractivity contribution in [3.8, 4) is 0 Å². The van der Waals surface area contributed by atoms with Crippen molar-refractivity contribution in [1.29, 1.82) is 0 Å². The van der Waals surface area contributed by atoms with E-state index in [1.54, 1.807) is 14.2 Å². The second kappa shape index (κ2) is 4.99. The van der Waals surface area contributed by atoms with Gasteiger partial charge in [-0.2, -0.15) is 0 Å². The summed E-state index contributed by atoms with van der Waals surface area (Å²) in [6.45, 7) is 5.24. The third-order valence-electron chi connectivity index (χ3n) is 2.14. The molecule has 0 aromatic carbocycles. The van der Waals surface area contributed by atoms with Crippen LogP contribution in [-0.4, -0.2) is 30.1 Å². The fourth-order valence-corrected chi connectivity index (χ4v) is 3.70. The number of thioether (sulfide) groups is 1. The van der Waals surface area contributed by atoms with Crippen LogP contribution in [0.5, 0.6) is 0 Å². The van der Waals surface area contributed by atoms with Crippen molar-refractivity contribution < 1.29 is 13.9 Å². The van der Waals surface area contributed by atoms with Crippen molar-refractivity contribution in [2.24, 2.45) is 0 Å². The van der Waals surface area contributed by atoms with E-state index < -0.39 is 10.6 Å². The average molecular weight is 297 g/mol. The van der Waals surface area contributed by atoms with E-state index in [0.29, 0.717) is 0 Å². The molecule has 0 amide bonds. The maximum atomic E-state index is 13.2. The normalized spacial score (nSPS) is 30.8. The minimum absolute atomic E-state index is 0.333. The van der Waals surface area contributed by atoms with E-state index in [9.17, 15) is 4.39 Å². The highest BCUT2D eigenvalue weighted by molar-refractivity contribution is 9.10. The summed E-state index contributed by atoms with van der Waals surface area (Å²) in [6.07, 6.45) is 1.47. The lowest BCUT2D eigenvalue weighted by atomic mass is 10.1. The zero-order chi connectivity index (χ0) is 11.6. The molecule has 86 valence electrons. The zero-order valence-corrected chi connectivity index (χ0v) is 11.3. The van der Waals surface area contributed by atoms with Gasteiger partial charge in [-0.05, 0) is 6.92 Å². The second-order valence-corrected chi connectivity index (χ2v) is 6.33. The first-order valence-electron chi connectivity index (χ1n) is 4.40. The highest BCUT2D eigenvalue weighted by atomic mass is 79.9. The standard InChI is InChI=1S/C10H14BrFO2S/c1-6(12)8-10(2,11)5-7(15-8)9(13-3)14-4/h5,8-9H,1H2,2-4H3. The SMILES string of the molecule is C=C(F)C1SC(C(OC)OC)=CC1(C)Br. The fraction of sp³-hybridized carbons (Fsp3) is 0.600. The van der Waals surface area contributed by atoms with Crippen molar-refractivity contribution >= 4 is 27.7 Å². The molecule has 0 aromatic heterocycles. The molecule has 0 spiro atoms. The van der Waals surface area contributed by atoms with Crippen LogP contribution in [0, 0.1) is 0 Å². The molecule has 1 aliphatic rings. The van der Waals surface area contributed by atoms with Gasteiger partial charge in [-0.15, -0.1) is 11.8 Å². The first-order valence-corrected chi connectivity index (χ1v) is 6.08. The molecule has 2 nitrogen and oxygen atoms in total. The number of hydrogen-bond acceptors (Lipinski definition) is 3. The van der Waals surface area contributed by atoms with Crippen LogP contribution in [-0.2, 0) is 9.47 Å². The second-order valence-electron chi connectivity index (χ2n) is 3.45. The van der Waals surface area contributed by atoms with Crippen molar-refractivity contribution in [1.82, 2.24) is 0 Å². The van der Waals surface area contributed by atoms with E-state index in [4.69, 9.17) is 9.47 Å². The van der Waals surface area contributed by atoms with Gasteiger partial charge in [0, 0.05) is 19.1 Å². The highest BCUT2D eigenvalue weighted by Gasteiger charge is 2.41. The number of alkyl halides is 1. The Kier molecular flexibility index (Phi) is 4.40. The molecule has 2 atom stereocenters. The molecule has 0 radical (unpaired) electrons. The van der Waals surface area contributed by atoms with Crippen molar-refractivity contribution in [2.75, 3.05) is 14.2 Å². The molecule has 15 heavy (non-hydrogen) atoms. The molecular weight excluding hydrogens is 283 g/mol. The number of ether oxygens (including phenoxy) is 2. The van der Waals surface area contributed by atoms with Crippen LogP contribution < -0.4 is 0 Å². The molecule has 5 heteroatoms. The van der Waals surface area contributed by atoms with Gasteiger partial charge in [0.1, 0.15) is 5.83 Å². The number of rotatable bonds is 4. The van der Waals surface area contributed by atoms with Crippen molar-refractivity contribution in [3.63, 3.8) is 0 Å². The Bertz CT molecular complexity index is 287. The van der Waals surface area contributed by atoms with Gasteiger partial charge in [-0.3, -0.25) is 0 Å². The summed E-state index contributed by atoms with van der Waals surface area (Å²) < 4.78 is 23.0. The Balaban J connectivity index is 2.85. The lowest BCUT2D eigenvalue weighted by molar-refractivity contribution is -0.0692. The van der Waals surface area contributed by atoms with Crippen LogP contribution in [0.15, 0.2) is 23.4 Å². The molecule has 2 unspecified atom stereocenters. The molecular formula is C10H14BrFO2S. The topological polar surface area (TPSA) is 18.5 Å². The minimum Gasteiger partial charge on any atom is -0.351 e. The monoisotopic (exact) mass is 296 g/mol. The van der Waals surface area contributed by atoms with E-state index in [0.717, 1.165) is 4.91 Å². The number of allylic oxidation sites excluding steroid dienone is 1. The van der Waals surface area contributed by atoms with Crippen LogP contribution in [0.1, 0.15) is 6.92 Å². The Morgan fingerprint density at radius 2 is 2.20 bits per heavy atom. The van der Waals surface area contributed by atoms with Crippen LogP contribution >= 0.6 is 27.7 Å². The summed E-state index contributed by atoms with van der Waals surface area (Å²) in [6, 6.07) is 0. The average Bonchev–Trinajstić information content (AvgIpc) is 2.44. The van der Waals surface area contributed by atoms with Crippen LogP contribution in [0.4, 0.5) is 4.39 Å². The van der Waals surface area contributed by atoms with Crippen molar-refractivity contribution in [2.45, 2.75) is 22.8 Å². The van der Waals surface area contributed by atoms with Gasteiger partial charge >= 0.3 is 0 Å². The predicted molar refractivity (Wildman–Crippen MR) is 64.8 cm³/mol. The van der Waals surface area contributed by atoms with Gasteiger partial charge in [0.25, 0.3) is 0 Å². The number of hydrogen-bond donors (Lipinski definition) is 0. The van der Waals surface area contributed by atoms with E-state index in [-0.39, 0.29) is 11.1 Å². The highest BCUT2D eigenvalue weighted by Crippen LogP contribution is 2.49. The largest absolute Gasteiger partial charge is 0.351 e. The van der Waals surface area contributed by atoms with E-state index in [2.05, 4.69) is 22.5 Å². The summed E-state index contributed by atoms with van der Waals surface area (Å²) in [5.41, 5.74) is 0. The minimum atomic E-state index is -0.436. The van der Waals surface area contributed by atoms with E-state index in [1.165, 1.54) is 11.8 Å². The third kappa shape index (κ3) is 2.84. The van der Waals surface area contributed by atoms with Gasteiger partial charge in [-0.1, -0.05) is 28.6 Å². The van der Waals surface area contributed by atoms with Gasteiger partial charge in [0.2, 0.25) is 0 Å². The first-order chi connectivity index (χ1) is 6.92. The van der Waals surface area contributed by atoms with Crippen LogP contribution in [0.25, 0.3) is 0 Å². The number of halogens is 2. The Morgan fingerprint density at radius 3 is 2.53 bits per heavy atom. The van der Waals surface area contributed by atoms with E-state index in [1.807, 2.05) is 13.0 Å². The summed E-state index contributed by atoms with van der Waals surface area (Å²) in [5, 5.41) is -0.333. The summed E-state index contributed by atoms with van der Waals surface area (Å²) in [7, 11) is 3.11. The van der Waals surface area contributed by atoms with Gasteiger partial charge in [0.05, 0.1) is 9.57 Å². The zero-order valence-electron chi connectivity index (χ0n) is 8.92. The quantitative estimate of drug-likeness (QED) is 0.586. The molecule has 0 N–H and O–H groups in total. The maximum Gasteiger partial charge on any atom is 0.188 e. The van der Waals surface area contributed by atoms with Crippen LogP contribution in [0.3, 0.4) is 0 Å². The van der Waals surface area contributed by atoms with Gasteiger partial charge < -0.3 is 9.47 Å². The van der Waals surface area contributed by atoms with Crippen LogP contribution in [0.2, 0.25) is 0 Å². The first kappa shape index (κ1) is 13.2. The molecule has 0 saturated carbocycles. The Hall–Kier alpha value is 0.160. The molecule has 0 saturated heterocycles. The predicted octanol–water partition coefficient (Wildman–Crippen LogP) is 3.24. The third-order valence-corrected chi connectivity index (χ3v) is 4.69. The molecule has 1 rings (SSSR count). The maximum absolute atomic E-state index is 13.2. The Morgan fingerprint density at radius 1 is 1.67 bits per heavy atom.